The van der Waals surface area contributed by atoms with Crippen molar-refractivity contribution in [3.63, 3.8) is 0 Å². The van der Waals surface area contributed by atoms with Crippen molar-refractivity contribution >= 4 is 22.3 Å². The second-order valence-electron chi connectivity index (χ2n) is 4.49. The van der Waals surface area contributed by atoms with E-state index < -0.39 is 0 Å². The van der Waals surface area contributed by atoms with Gasteiger partial charge in [-0.2, -0.15) is 0 Å². The molecule has 0 saturated carbocycles. The molecular formula is C15H21N3O. The highest BCUT2D eigenvalue weighted by atomic mass is 16.5. The molecule has 0 spiro atoms. The van der Waals surface area contributed by atoms with E-state index in [-0.39, 0.29) is 0 Å². The molecule has 0 amide bonds. The van der Waals surface area contributed by atoms with Crippen LogP contribution in [0, 0.1) is 0 Å². The first kappa shape index (κ1) is 13.6. The van der Waals surface area contributed by atoms with Gasteiger partial charge in [-0.3, -0.25) is 4.98 Å². The molecule has 2 aromatic rings. The lowest BCUT2D eigenvalue weighted by Gasteiger charge is -2.10. The lowest BCUT2D eigenvalue weighted by Crippen LogP contribution is -2.10. The van der Waals surface area contributed by atoms with Crippen molar-refractivity contribution in [1.82, 2.24) is 4.98 Å². The summed E-state index contributed by atoms with van der Waals surface area (Å²) in [6.45, 7) is 4.50. The number of benzene rings is 1. The first-order valence-corrected chi connectivity index (χ1v) is 6.77. The number of nitrogen functional groups attached to an aromatic ring is 1. The Labute approximate surface area is 114 Å². The van der Waals surface area contributed by atoms with Gasteiger partial charge in [-0.05, 0) is 18.6 Å². The Balaban J connectivity index is 1.95. The first-order chi connectivity index (χ1) is 9.33. The Morgan fingerprint density at radius 1 is 1.26 bits per heavy atom. The van der Waals surface area contributed by atoms with Gasteiger partial charge in [0.2, 0.25) is 0 Å². The lowest BCUT2D eigenvalue weighted by atomic mass is 10.1. The van der Waals surface area contributed by atoms with Gasteiger partial charge in [0.05, 0.1) is 17.8 Å². The van der Waals surface area contributed by atoms with Gasteiger partial charge in [0.15, 0.2) is 0 Å². The number of rotatable bonds is 7. The zero-order valence-corrected chi connectivity index (χ0v) is 11.4. The fourth-order valence-electron chi connectivity index (χ4n) is 1.96. The zero-order valence-electron chi connectivity index (χ0n) is 11.4. The zero-order chi connectivity index (χ0) is 13.5. The standard InChI is InChI=1S/C15H21N3O/c1-2-3-10-19-11-9-17-14-7-8-18-15-12(14)5-4-6-13(15)16/h4-8H,2-3,9-11,16H2,1H3,(H,17,18). The highest BCUT2D eigenvalue weighted by molar-refractivity contribution is 5.97. The smallest absolute Gasteiger partial charge is 0.0951 e. The van der Waals surface area contributed by atoms with Gasteiger partial charge in [0, 0.05) is 30.4 Å². The van der Waals surface area contributed by atoms with Gasteiger partial charge in [0.1, 0.15) is 0 Å². The number of hydrogen-bond acceptors (Lipinski definition) is 4. The van der Waals surface area contributed by atoms with Crippen LogP contribution in [0.25, 0.3) is 10.9 Å². The van der Waals surface area contributed by atoms with Gasteiger partial charge < -0.3 is 15.8 Å². The molecule has 1 aromatic heterocycles. The highest BCUT2D eigenvalue weighted by Crippen LogP contribution is 2.25. The summed E-state index contributed by atoms with van der Waals surface area (Å²) in [7, 11) is 0. The van der Waals surface area contributed by atoms with E-state index in [2.05, 4.69) is 17.2 Å². The molecule has 0 unspecified atom stereocenters. The Morgan fingerprint density at radius 2 is 2.16 bits per heavy atom. The van der Waals surface area contributed by atoms with Gasteiger partial charge in [-0.1, -0.05) is 25.5 Å². The Morgan fingerprint density at radius 3 is 3.00 bits per heavy atom. The van der Waals surface area contributed by atoms with E-state index in [0.717, 1.165) is 36.2 Å². The molecule has 0 aliphatic carbocycles. The predicted molar refractivity (Wildman–Crippen MR) is 80.4 cm³/mol. The van der Waals surface area contributed by atoms with Crippen LogP contribution in [0.5, 0.6) is 0 Å². The molecule has 0 radical (unpaired) electrons. The SMILES string of the molecule is CCCCOCCNc1ccnc2c(N)cccc12. The number of aromatic nitrogens is 1. The summed E-state index contributed by atoms with van der Waals surface area (Å²) in [6.07, 6.45) is 4.06. The summed E-state index contributed by atoms with van der Waals surface area (Å²) in [5.41, 5.74) is 8.53. The predicted octanol–water partition coefficient (Wildman–Crippen LogP) is 3.05. The van der Waals surface area contributed by atoms with Crippen LogP contribution in [0.4, 0.5) is 11.4 Å². The third kappa shape index (κ3) is 3.58. The minimum absolute atomic E-state index is 0.709. The Kier molecular flexibility index (Phi) is 4.98. The maximum atomic E-state index is 5.92. The van der Waals surface area contributed by atoms with Crippen molar-refractivity contribution in [1.29, 1.82) is 0 Å². The van der Waals surface area contributed by atoms with Crippen LogP contribution >= 0.6 is 0 Å². The van der Waals surface area contributed by atoms with E-state index in [4.69, 9.17) is 10.5 Å². The topological polar surface area (TPSA) is 60.2 Å². The largest absolute Gasteiger partial charge is 0.397 e. The summed E-state index contributed by atoms with van der Waals surface area (Å²) in [5.74, 6) is 0. The molecule has 0 saturated heterocycles. The number of pyridine rings is 1. The monoisotopic (exact) mass is 259 g/mol. The van der Waals surface area contributed by atoms with E-state index >= 15 is 0 Å². The van der Waals surface area contributed by atoms with Gasteiger partial charge in [-0.25, -0.2) is 0 Å². The maximum absolute atomic E-state index is 5.92. The molecule has 1 heterocycles. The van der Waals surface area contributed by atoms with Crippen LogP contribution in [-0.4, -0.2) is 24.7 Å². The van der Waals surface area contributed by atoms with E-state index in [0.29, 0.717) is 12.3 Å². The Bertz CT molecular complexity index is 528. The number of nitrogens with two attached hydrogens (primary N) is 1. The van der Waals surface area contributed by atoms with E-state index in [1.807, 2.05) is 24.3 Å². The first-order valence-electron chi connectivity index (χ1n) is 6.77. The fourth-order valence-corrected chi connectivity index (χ4v) is 1.96. The van der Waals surface area contributed by atoms with Crippen molar-refractivity contribution in [3.8, 4) is 0 Å². The molecule has 3 N–H and O–H groups in total. The molecule has 0 aliphatic rings. The minimum atomic E-state index is 0.709. The number of nitrogens with zero attached hydrogens (tertiary/aromatic N) is 1. The number of fused-ring (bicyclic) bond motifs is 1. The van der Waals surface area contributed by atoms with E-state index in [1.165, 1.54) is 6.42 Å². The molecule has 0 atom stereocenters. The molecule has 0 fully saturated rings. The second-order valence-corrected chi connectivity index (χ2v) is 4.49. The maximum Gasteiger partial charge on any atom is 0.0951 e. The molecule has 1 aromatic carbocycles. The number of para-hydroxylation sites is 1. The average Bonchev–Trinajstić information content (AvgIpc) is 2.43. The molecule has 19 heavy (non-hydrogen) atoms. The summed E-state index contributed by atoms with van der Waals surface area (Å²) in [5, 5.41) is 4.42. The van der Waals surface area contributed by atoms with Crippen LogP contribution in [0.2, 0.25) is 0 Å². The number of anilines is 2. The van der Waals surface area contributed by atoms with Crippen molar-refractivity contribution in [2.75, 3.05) is 30.8 Å². The Hall–Kier alpha value is -1.81. The summed E-state index contributed by atoms with van der Waals surface area (Å²) < 4.78 is 5.53. The lowest BCUT2D eigenvalue weighted by molar-refractivity contribution is 0.141. The van der Waals surface area contributed by atoms with Crippen LogP contribution in [0.15, 0.2) is 30.5 Å². The molecule has 4 heteroatoms. The number of nitrogens with one attached hydrogen (secondary N) is 1. The normalized spacial score (nSPS) is 10.8. The van der Waals surface area contributed by atoms with E-state index in [9.17, 15) is 0 Å². The minimum Gasteiger partial charge on any atom is -0.397 e. The highest BCUT2D eigenvalue weighted by Gasteiger charge is 2.03. The molecule has 4 nitrogen and oxygen atoms in total. The second kappa shape index (κ2) is 6.95. The van der Waals surface area contributed by atoms with Crippen LogP contribution in [-0.2, 0) is 4.74 Å². The summed E-state index contributed by atoms with van der Waals surface area (Å²) in [4.78, 5) is 4.31. The summed E-state index contributed by atoms with van der Waals surface area (Å²) >= 11 is 0. The van der Waals surface area contributed by atoms with Gasteiger partial charge in [0.25, 0.3) is 0 Å². The van der Waals surface area contributed by atoms with Gasteiger partial charge >= 0.3 is 0 Å². The average molecular weight is 259 g/mol. The van der Waals surface area contributed by atoms with Crippen molar-refractivity contribution < 1.29 is 4.74 Å². The molecule has 0 bridgehead atoms. The molecule has 102 valence electrons. The molecule has 2 rings (SSSR count). The van der Waals surface area contributed by atoms with Crippen molar-refractivity contribution in [3.05, 3.63) is 30.5 Å². The molecular weight excluding hydrogens is 238 g/mol. The number of ether oxygens (including phenoxy) is 1. The fraction of sp³-hybridized carbons (Fsp3) is 0.400. The van der Waals surface area contributed by atoms with Gasteiger partial charge in [-0.15, -0.1) is 0 Å². The van der Waals surface area contributed by atoms with Crippen LogP contribution < -0.4 is 11.1 Å². The quantitative estimate of drug-likeness (QED) is 0.592. The number of hydrogen-bond donors (Lipinski definition) is 2. The van der Waals surface area contributed by atoms with Crippen LogP contribution in [0.1, 0.15) is 19.8 Å². The van der Waals surface area contributed by atoms with Crippen molar-refractivity contribution in [2.24, 2.45) is 0 Å². The third-order valence-corrected chi connectivity index (χ3v) is 3.01. The van der Waals surface area contributed by atoms with Crippen molar-refractivity contribution in [2.45, 2.75) is 19.8 Å². The molecule has 0 aliphatic heterocycles. The number of unbranched alkanes of at least 4 members (excludes halogenated alkanes) is 1. The summed E-state index contributed by atoms with van der Waals surface area (Å²) in [6, 6.07) is 7.81. The van der Waals surface area contributed by atoms with E-state index in [1.54, 1.807) is 6.20 Å². The third-order valence-electron chi connectivity index (χ3n) is 3.01. The van der Waals surface area contributed by atoms with Crippen LogP contribution in [0.3, 0.4) is 0 Å².